The lowest BCUT2D eigenvalue weighted by Crippen LogP contribution is -2.33. The highest BCUT2D eigenvalue weighted by Gasteiger charge is 2.42. The van der Waals surface area contributed by atoms with E-state index < -0.39 is 5.60 Å². The second-order valence-electron chi connectivity index (χ2n) is 3.66. The fourth-order valence-corrected chi connectivity index (χ4v) is 1.89. The van der Waals surface area contributed by atoms with E-state index in [2.05, 4.69) is 0 Å². The average Bonchev–Trinajstić information content (AvgIpc) is 2.62. The van der Waals surface area contributed by atoms with Crippen molar-refractivity contribution in [1.29, 1.82) is 0 Å². The standard InChI is InChI=1S/C10H14O3/c1-7-5-12-6-9(7)10(11)3-4-13-8(10)2/h5-6,8,11H,3-4H2,1-2H3. The first-order valence-electron chi connectivity index (χ1n) is 4.52. The molecular weight excluding hydrogens is 168 g/mol. The van der Waals surface area contributed by atoms with E-state index >= 15 is 0 Å². The minimum Gasteiger partial charge on any atom is -0.472 e. The second kappa shape index (κ2) is 2.86. The number of aliphatic hydroxyl groups is 1. The number of hydrogen-bond donors (Lipinski definition) is 1. The number of furan rings is 1. The Morgan fingerprint density at radius 2 is 2.31 bits per heavy atom. The zero-order valence-electron chi connectivity index (χ0n) is 7.91. The topological polar surface area (TPSA) is 42.6 Å². The SMILES string of the molecule is Cc1cocc1C1(O)CCOC1C. The molecule has 3 nitrogen and oxygen atoms in total. The lowest BCUT2D eigenvalue weighted by atomic mass is 9.88. The van der Waals surface area contributed by atoms with Gasteiger partial charge in [-0.25, -0.2) is 0 Å². The van der Waals surface area contributed by atoms with Crippen molar-refractivity contribution in [3.05, 3.63) is 23.7 Å². The van der Waals surface area contributed by atoms with Crippen molar-refractivity contribution in [1.82, 2.24) is 0 Å². The van der Waals surface area contributed by atoms with Crippen molar-refractivity contribution in [3.63, 3.8) is 0 Å². The summed E-state index contributed by atoms with van der Waals surface area (Å²) in [6, 6.07) is 0. The maximum absolute atomic E-state index is 10.3. The van der Waals surface area contributed by atoms with Crippen LogP contribution in [0.5, 0.6) is 0 Å². The van der Waals surface area contributed by atoms with Gasteiger partial charge in [-0.05, 0) is 19.4 Å². The summed E-state index contributed by atoms with van der Waals surface area (Å²) in [6.45, 7) is 4.43. The molecule has 1 aliphatic heterocycles. The van der Waals surface area contributed by atoms with Gasteiger partial charge < -0.3 is 14.3 Å². The first-order valence-corrected chi connectivity index (χ1v) is 4.52. The van der Waals surface area contributed by atoms with Gasteiger partial charge in [-0.1, -0.05) is 0 Å². The Morgan fingerprint density at radius 3 is 2.77 bits per heavy atom. The van der Waals surface area contributed by atoms with Crippen molar-refractivity contribution in [2.75, 3.05) is 6.61 Å². The number of hydrogen-bond acceptors (Lipinski definition) is 3. The van der Waals surface area contributed by atoms with E-state index in [4.69, 9.17) is 9.15 Å². The van der Waals surface area contributed by atoms with Crippen molar-refractivity contribution in [2.45, 2.75) is 32.0 Å². The van der Waals surface area contributed by atoms with Crippen LogP contribution in [0, 0.1) is 6.92 Å². The summed E-state index contributed by atoms with van der Waals surface area (Å²) in [5, 5.41) is 10.3. The Hall–Kier alpha value is -0.800. The lowest BCUT2D eigenvalue weighted by molar-refractivity contribution is -0.0324. The first kappa shape index (κ1) is 8.78. The molecule has 1 aromatic heterocycles. The lowest BCUT2D eigenvalue weighted by Gasteiger charge is -2.25. The van der Waals surface area contributed by atoms with Crippen LogP contribution in [0.3, 0.4) is 0 Å². The molecule has 1 aromatic rings. The molecule has 1 aliphatic rings. The Labute approximate surface area is 77.3 Å². The van der Waals surface area contributed by atoms with Crippen LogP contribution in [0.2, 0.25) is 0 Å². The maximum Gasteiger partial charge on any atom is 0.121 e. The minimum atomic E-state index is -0.850. The zero-order chi connectivity index (χ0) is 9.47. The van der Waals surface area contributed by atoms with Gasteiger partial charge in [0.05, 0.1) is 25.2 Å². The fourth-order valence-electron chi connectivity index (χ4n) is 1.89. The molecule has 0 aliphatic carbocycles. The molecule has 1 fully saturated rings. The molecule has 0 amide bonds. The van der Waals surface area contributed by atoms with Gasteiger partial charge in [-0.3, -0.25) is 0 Å². The van der Waals surface area contributed by atoms with Crippen LogP contribution < -0.4 is 0 Å². The monoisotopic (exact) mass is 182 g/mol. The summed E-state index contributed by atoms with van der Waals surface area (Å²) in [6.07, 6.45) is 3.76. The van der Waals surface area contributed by atoms with E-state index in [9.17, 15) is 5.11 Å². The molecule has 3 heteroatoms. The van der Waals surface area contributed by atoms with E-state index in [0.717, 1.165) is 11.1 Å². The maximum atomic E-state index is 10.3. The molecule has 2 heterocycles. The highest BCUT2D eigenvalue weighted by molar-refractivity contribution is 5.28. The number of rotatable bonds is 1. The van der Waals surface area contributed by atoms with E-state index in [-0.39, 0.29) is 6.10 Å². The third-order valence-corrected chi connectivity index (χ3v) is 2.85. The normalized spacial score (nSPS) is 33.9. The van der Waals surface area contributed by atoms with Crippen LogP contribution in [-0.4, -0.2) is 17.8 Å². The van der Waals surface area contributed by atoms with Crippen LogP contribution >= 0.6 is 0 Å². The molecule has 0 radical (unpaired) electrons. The number of aryl methyl sites for hydroxylation is 1. The van der Waals surface area contributed by atoms with Crippen LogP contribution in [0.1, 0.15) is 24.5 Å². The fraction of sp³-hybridized carbons (Fsp3) is 0.600. The predicted octanol–water partition coefficient (Wildman–Crippen LogP) is 1.58. The highest BCUT2D eigenvalue weighted by Crippen LogP contribution is 2.37. The van der Waals surface area contributed by atoms with Crippen molar-refractivity contribution >= 4 is 0 Å². The molecule has 2 rings (SSSR count). The summed E-state index contributed by atoms with van der Waals surface area (Å²) in [4.78, 5) is 0. The molecule has 1 N–H and O–H groups in total. The quantitative estimate of drug-likeness (QED) is 0.717. The Bertz CT molecular complexity index is 305. The van der Waals surface area contributed by atoms with Crippen LogP contribution in [0.4, 0.5) is 0 Å². The largest absolute Gasteiger partial charge is 0.472 e. The summed E-state index contributed by atoms with van der Waals surface area (Å²) < 4.78 is 10.4. The Morgan fingerprint density at radius 1 is 1.54 bits per heavy atom. The highest BCUT2D eigenvalue weighted by atomic mass is 16.5. The van der Waals surface area contributed by atoms with Crippen molar-refractivity contribution < 1.29 is 14.3 Å². The molecule has 2 atom stereocenters. The van der Waals surface area contributed by atoms with Crippen LogP contribution in [0.15, 0.2) is 16.9 Å². The molecular formula is C10H14O3. The average molecular weight is 182 g/mol. The van der Waals surface area contributed by atoms with Gasteiger partial charge >= 0.3 is 0 Å². The third kappa shape index (κ3) is 1.19. The van der Waals surface area contributed by atoms with Crippen LogP contribution in [0.25, 0.3) is 0 Å². The van der Waals surface area contributed by atoms with Crippen molar-refractivity contribution in [2.24, 2.45) is 0 Å². The molecule has 0 bridgehead atoms. The van der Waals surface area contributed by atoms with Gasteiger partial charge in [-0.15, -0.1) is 0 Å². The summed E-state index contributed by atoms with van der Waals surface area (Å²) >= 11 is 0. The summed E-state index contributed by atoms with van der Waals surface area (Å²) in [5.74, 6) is 0. The summed E-state index contributed by atoms with van der Waals surface area (Å²) in [5.41, 5.74) is 0.995. The molecule has 2 unspecified atom stereocenters. The van der Waals surface area contributed by atoms with Crippen LogP contribution in [-0.2, 0) is 10.3 Å². The molecule has 72 valence electrons. The molecule has 1 saturated heterocycles. The second-order valence-corrected chi connectivity index (χ2v) is 3.66. The van der Waals surface area contributed by atoms with Gasteiger partial charge in [0.1, 0.15) is 5.60 Å². The first-order chi connectivity index (χ1) is 6.14. The third-order valence-electron chi connectivity index (χ3n) is 2.85. The van der Waals surface area contributed by atoms with Gasteiger partial charge in [0.25, 0.3) is 0 Å². The Kier molecular flexibility index (Phi) is 1.93. The van der Waals surface area contributed by atoms with Crippen molar-refractivity contribution in [3.8, 4) is 0 Å². The predicted molar refractivity (Wildman–Crippen MR) is 47.4 cm³/mol. The van der Waals surface area contributed by atoms with Gasteiger partial charge in [0, 0.05) is 12.0 Å². The summed E-state index contributed by atoms with van der Waals surface area (Å²) in [7, 11) is 0. The van der Waals surface area contributed by atoms with E-state index in [1.54, 1.807) is 12.5 Å². The minimum absolute atomic E-state index is 0.149. The van der Waals surface area contributed by atoms with Gasteiger partial charge in [0.15, 0.2) is 0 Å². The van der Waals surface area contributed by atoms with Gasteiger partial charge in [0.2, 0.25) is 0 Å². The van der Waals surface area contributed by atoms with E-state index in [1.165, 1.54) is 0 Å². The van der Waals surface area contributed by atoms with E-state index in [1.807, 2.05) is 13.8 Å². The molecule has 13 heavy (non-hydrogen) atoms. The van der Waals surface area contributed by atoms with Gasteiger partial charge in [-0.2, -0.15) is 0 Å². The van der Waals surface area contributed by atoms with E-state index in [0.29, 0.717) is 13.0 Å². The Balaban J connectivity index is 2.39. The smallest absolute Gasteiger partial charge is 0.121 e. The molecule has 0 saturated carbocycles. The zero-order valence-corrected chi connectivity index (χ0v) is 7.91. The molecule has 0 spiro atoms. The number of ether oxygens (including phenoxy) is 1. The molecule has 0 aromatic carbocycles.